The summed E-state index contributed by atoms with van der Waals surface area (Å²) >= 11 is 0. The first-order valence-corrected chi connectivity index (χ1v) is 11.7. The third-order valence-electron chi connectivity index (χ3n) is 5.95. The van der Waals surface area contributed by atoms with Gasteiger partial charge < -0.3 is 30.2 Å². The van der Waals surface area contributed by atoms with Crippen molar-refractivity contribution in [1.29, 1.82) is 0 Å². The maximum Gasteiger partial charge on any atom is 0.251 e. The summed E-state index contributed by atoms with van der Waals surface area (Å²) < 4.78 is 16.2. The average Bonchev–Trinajstić information content (AvgIpc) is 3.32. The number of amides is 2. The van der Waals surface area contributed by atoms with E-state index < -0.39 is 0 Å². The first-order valence-electron chi connectivity index (χ1n) is 11.7. The van der Waals surface area contributed by atoms with Gasteiger partial charge in [0, 0.05) is 51.9 Å². The lowest BCUT2D eigenvalue weighted by atomic mass is 9.95. The minimum absolute atomic E-state index is 0.0112. The van der Waals surface area contributed by atoms with Gasteiger partial charge in [0.25, 0.3) is 5.91 Å². The molecule has 1 fully saturated rings. The molecule has 0 aliphatic carbocycles. The van der Waals surface area contributed by atoms with Crippen LogP contribution in [0.25, 0.3) is 0 Å². The van der Waals surface area contributed by atoms with E-state index in [1.54, 1.807) is 32.4 Å². The Bertz CT molecular complexity index is 922. The van der Waals surface area contributed by atoms with Crippen molar-refractivity contribution < 1.29 is 23.8 Å². The Kier molecular flexibility index (Phi) is 10.2. The van der Waals surface area contributed by atoms with E-state index in [1.807, 2.05) is 30.3 Å². The molecule has 0 unspecified atom stereocenters. The molecule has 0 aromatic heterocycles. The lowest BCUT2D eigenvalue weighted by molar-refractivity contribution is -0.120. The van der Waals surface area contributed by atoms with E-state index in [2.05, 4.69) is 16.0 Å². The maximum absolute atomic E-state index is 12.8. The van der Waals surface area contributed by atoms with E-state index in [0.717, 1.165) is 25.1 Å². The number of carbonyl (C=O) groups is 2. The topological polar surface area (TPSA) is 97.9 Å². The van der Waals surface area contributed by atoms with Gasteiger partial charge in [-0.1, -0.05) is 30.3 Å². The summed E-state index contributed by atoms with van der Waals surface area (Å²) in [7, 11) is 3.22. The molecule has 3 rings (SSSR count). The molecule has 0 saturated carbocycles. The molecule has 1 saturated heterocycles. The van der Waals surface area contributed by atoms with Gasteiger partial charge in [0.05, 0.1) is 20.1 Å². The Morgan fingerprint density at radius 1 is 0.941 bits per heavy atom. The summed E-state index contributed by atoms with van der Waals surface area (Å²) in [4.78, 5) is 25.1. The Hall–Kier alpha value is -3.10. The van der Waals surface area contributed by atoms with Gasteiger partial charge in [0.1, 0.15) is 0 Å². The van der Waals surface area contributed by atoms with Crippen molar-refractivity contribution in [2.24, 2.45) is 11.8 Å². The molecule has 0 radical (unpaired) electrons. The van der Waals surface area contributed by atoms with Crippen molar-refractivity contribution in [3.8, 4) is 11.5 Å². The summed E-state index contributed by atoms with van der Waals surface area (Å²) in [6.07, 6.45) is 1.11. The van der Waals surface area contributed by atoms with Crippen LogP contribution >= 0.6 is 0 Å². The van der Waals surface area contributed by atoms with Gasteiger partial charge in [-0.15, -0.1) is 0 Å². The maximum atomic E-state index is 12.8. The van der Waals surface area contributed by atoms with Crippen LogP contribution in [0.2, 0.25) is 0 Å². The molecule has 2 atom stereocenters. The van der Waals surface area contributed by atoms with Crippen LogP contribution in [0.3, 0.4) is 0 Å². The lowest BCUT2D eigenvalue weighted by Crippen LogP contribution is -2.38. The molecule has 3 N–H and O–H groups in total. The first-order chi connectivity index (χ1) is 16.6. The predicted octanol–water partition coefficient (Wildman–Crippen LogP) is 2.03. The average molecular weight is 470 g/mol. The number of hydrogen-bond acceptors (Lipinski definition) is 6. The monoisotopic (exact) mass is 469 g/mol. The number of benzene rings is 2. The normalized spacial score (nSPS) is 17.2. The molecule has 0 bridgehead atoms. The quantitative estimate of drug-likeness (QED) is 0.389. The molecule has 0 spiro atoms. The van der Waals surface area contributed by atoms with Crippen molar-refractivity contribution in [2.45, 2.75) is 12.8 Å². The fourth-order valence-electron chi connectivity index (χ4n) is 4.00. The molecule has 1 heterocycles. The van der Waals surface area contributed by atoms with Gasteiger partial charge >= 0.3 is 0 Å². The summed E-state index contributed by atoms with van der Waals surface area (Å²) in [6.45, 7) is 3.80. The highest BCUT2D eigenvalue weighted by molar-refractivity contribution is 5.94. The van der Waals surface area contributed by atoms with E-state index in [9.17, 15) is 9.59 Å². The van der Waals surface area contributed by atoms with Gasteiger partial charge in [-0.2, -0.15) is 0 Å². The molecule has 184 valence electrons. The molecule has 1 aliphatic heterocycles. The third-order valence-corrected chi connectivity index (χ3v) is 5.95. The van der Waals surface area contributed by atoms with Crippen molar-refractivity contribution >= 4 is 11.8 Å². The van der Waals surface area contributed by atoms with Gasteiger partial charge in [-0.25, -0.2) is 0 Å². The molecular formula is C26H35N3O5. The number of hydrogen-bond donors (Lipinski definition) is 3. The highest BCUT2D eigenvalue weighted by atomic mass is 16.5. The standard InChI is InChI=1S/C26H35N3O5/c1-32-11-6-12-34-24-14-20(9-10-23(24)33-2)26(31)29-18-22-16-27-15-21(22)17-28-25(30)13-19-7-4-3-5-8-19/h3-5,7-10,14,21-22,27H,6,11-13,15-18H2,1-2H3,(H,28,30)(H,29,31)/t21-,22-/m0/s1. The van der Waals surface area contributed by atoms with Crippen molar-refractivity contribution in [1.82, 2.24) is 16.0 Å². The smallest absolute Gasteiger partial charge is 0.251 e. The lowest BCUT2D eigenvalue weighted by Gasteiger charge is -2.20. The molecule has 2 aromatic rings. The Morgan fingerprint density at radius 3 is 2.38 bits per heavy atom. The number of methoxy groups -OCH3 is 2. The van der Waals surface area contributed by atoms with Gasteiger partial charge in [0.15, 0.2) is 11.5 Å². The molecule has 1 aliphatic rings. The van der Waals surface area contributed by atoms with Crippen molar-refractivity contribution in [3.05, 3.63) is 59.7 Å². The first kappa shape index (κ1) is 25.5. The molecular weight excluding hydrogens is 434 g/mol. The molecule has 34 heavy (non-hydrogen) atoms. The number of nitrogens with one attached hydrogen (secondary N) is 3. The Labute approximate surface area is 201 Å². The molecule has 2 amide bonds. The summed E-state index contributed by atoms with van der Waals surface area (Å²) in [6, 6.07) is 14.9. The molecule has 2 aromatic carbocycles. The fraction of sp³-hybridized carbons (Fsp3) is 0.462. The number of rotatable bonds is 13. The fourth-order valence-corrected chi connectivity index (χ4v) is 4.00. The number of ether oxygens (including phenoxy) is 3. The van der Waals surface area contributed by atoms with Crippen LogP contribution in [-0.4, -0.2) is 65.4 Å². The van der Waals surface area contributed by atoms with E-state index >= 15 is 0 Å². The van der Waals surface area contributed by atoms with Crippen molar-refractivity contribution in [2.75, 3.05) is 53.6 Å². The van der Waals surface area contributed by atoms with Crippen LogP contribution in [0, 0.1) is 11.8 Å². The summed E-state index contributed by atoms with van der Waals surface area (Å²) in [5.41, 5.74) is 1.51. The van der Waals surface area contributed by atoms with E-state index in [0.29, 0.717) is 49.8 Å². The SMILES string of the molecule is COCCCOc1cc(C(=O)NC[C@@H]2CNC[C@H]2CNC(=O)Cc2ccccc2)ccc1OC. The van der Waals surface area contributed by atoms with E-state index in [1.165, 1.54) is 0 Å². The summed E-state index contributed by atoms with van der Waals surface area (Å²) in [5.74, 6) is 1.47. The van der Waals surface area contributed by atoms with Crippen LogP contribution < -0.4 is 25.4 Å². The third kappa shape index (κ3) is 7.74. The molecule has 8 heteroatoms. The van der Waals surface area contributed by atoms with Crippen LogP contribution in [0.4, 0.5) is 0 Å². The highest BCUT2D eigenvalue weighted by Gasteiger charge is 2.28. The Balaban J connectivity index is 1.48. The van der Waals surface area contributed by atoms with Gasteiger partial charge in [0.2, 0.25) is 5.91 Å². The largest absolute Gasteiger partial charge is 0.493 e. The van der Waals surface area contributed by atoms with Crippen molar-refractivity contribution in [3.63, 3.8) is 0 Å². The van der Waals surface area contributed by atoms with Crippen LogP contribution in [0.15, 0.2) is 48.5 Å². The van der Waals surface area contributed by atoms with E-state index in [4.69, 9.17) is 14.2 Å². The van der Waals surface area contributed by atoms with Crippen LogP contribution in [-0.2, 0) is 16.0 Å². The second-order valence-corrected chi connectivity index (χ2v) is 8.42. The second-order valence-electron chi connectivity index (χ2n) is 8.42. The Morgan fingerprint density at radius 2 is 1.68 bits per heavy atom. The van der Waals surface area contributed by atoms with Crippen LogP contribution in [0.1, 0.15) is 22.3 Å². The van der Waals surface area contributed by atoms with Gasteiger partial charge in [-0.3, -0.25) is 9.59 Å². The number of carbonyl (C=O) groups excluding carboxylic acids is 2. The zero-order valence-corrected chi connectivity index (χ0v) is 20.0. The van der Waals surface area contributed by atoms with Gasteiger partial charge in [-0.05, 0) is 35.6 Å². The predicted molar refractivity (Wildman–Crippen MR) is 130 cm³/mol. The van der Waals surface area contributed by atoms with E-state index in [-0.39, 0.29) is 23.7 Å². The summed E-state index contributed by atoms with van der Waals surface area (Å²) in [5, 5.41) is 9.44. The second kappa shape index (κ2) is 13.6. The van der Waals surface area contributed by atoms with Crippen LogP contribution in [0.5, 0.6) is 11.5 Å². The minimum atomic E-state index is -0.164. The zero-order valence-electron chi connectivity index (χ0n) is 20.0. The molecule has 8 nitrogen and oxygen atoms in total. The zero-order chi connectivity index (χ0) is 24.2. The highest BCUT2D eigenvalue weighted by Crippen LogP contribution is 2.28. The minimum Gasteiger partial charge on any atom is -0.493 e.